The summed E-state index contributed by atoms with van der Waals surface area (Å²) in [5.74, 6) is -0.0751. The van der Waals surface area contributed by atoms with Crippen molar-refractivity contribution < 1.29 is 9.18 Å². The van der Waals surface area contributed by atoms with Crippen LogP contribution in [-0.4, -0.2) is 37.0 Å². The van der Waals surface area contributed by atoms with Crippen LogP contribution >= 0.6 is 11.3 Å². The third kappa shape index (κ3) is 3.61. The molecule has 1 fully saturated rings. The summed E-state index contributed by atoms with van der Waals surface area (Å²) < 4.78 is 13.1. The van der Waals surface area contributed by atoms with Crippen molar-refractivity contribution in [3.63, 3.8) is 0 Å². The maximum absolute atomic E-state index is 13.1. The fourth-order valence-corrected chi connectivity index (χ4v) is 4.24. The average molecular weight is 346 g/mol. The molecular formula is C19H23FN2OS. The number of aryl methyl sites for hydroxylation is 2. The second-order valence-corrected chi connectivity index (χ2v) is 7.32. The third-order valence-electron chi connectivity index (χ3n) is 4.53. The normalized spacial score (nSPS) is 15.5. The molecule has 1 saturated heterocycles. The maximum Gasteiger partial charge on any atom is 0.263 e. The lowest BCUT2D eigenvalue weighted by molar-refractivity contribution is 0.0772. The summed E-state index contributed by atoms with van der Waals surface area (Å²) in [6, 6.07) is 8.62. The predicted octanol–water partition coefficient (Wildman–Crippen LogP) is 4.11. The number of rotatable bonds is 3. The number of thiophene rings is 1. The first-order valence-electron chi connectivity index (χ1n) is 8.47. The molecule has 1 aliphatic rings. The summed E-state index contributed by atoms with van der Waals surface area (Å²) in [6.45, 7) is 7.34. The first kappa shape index (κ1) is 17.0. The molecule has 1 aliphatic heterocycles. The van der Waals surface area contributed by atoms with Crippen molar-refractivity contribution in [2.75, 3.05) is 31.1 Å². The molecule has 0 aliphatic carbocycles. The molecule has 2 aromatic rings. The molecule has 3 nitrogen and oxygen atoms in total. The van der Waals surface area contributed by atoms with Gasteiger partial charge in [-0.25, -0.2) is 4.39 Å². The number of anilines is 1. The van der Waals surface area contributed by atoms with E-state index in [1.807, 2.05) is 23.1 Å². The minimum Gasteiger partial charge on any atom is -0.370 e. The van der Waals surface area contributed by atoms with Gasteiger partial charge in [0.2, 0.25) is 0 Å². The third-order valence-corrected chi connectivity index (χ3v) is 5.90. The van der Waals surface area contributed by atoms with Gasteiger partial charge in [-0.3, -0.25) is 4.79 Å². The Morgan fingerprint density at radius 3 is 2.58 bits per heavy atom. The highest BCUT2D eigenvalue weighted by Crippen LogP contribution is 2.24. The van der Waals surface area contributed by atoms with Crippen molar-refractivity contribution >= 4 is 22.9 Å². The summed E-state index contributed by atoms with van der Waals surface area (Å²) in [6.07, 6.45) is 1.90. The van der Waals surface area contributed by atoms with Crippen LogP contribution < -0.4 is 4.90 Å². The number of carbonyl (C=O) groups excluding carboxylic acids is 1. The quantitative estimate of drug-likeness (QED) is 0.835. The van der Waals surface area contributed by atoms with Crippen LogP contribution in [0.25, 0.3) is 0 Å². The van der Waals surface area contributed by atoms with E-state index in [9.17, 15) is 9.18 Å². The molecule has 0 bridgehead atoms. The number of hydrogen-bond acceptors (Lipinski definition) is 3. The number of nitrogens with zero attached hydrogens (tertiary/aromatic N) is 2. The maximum atomic E-state index is 13.1. The molecule has 1 amide bonds. The van der Waals surface area contributed by atoms with Gasteiger partial charge in [0.1, 0.15) is 5.82 Å². The lowest BCUT2D eigenvalue weighted by Crippen LogP contribution is -2.34. The van der Waals surface area contributed by atoms with E-state index in [1.54, 1.807) is 11.3 Å². The summed E-state index contributed by atoms with van der Waals surface area (Å²) in [7, 11) is 0. The van der Waals surface area contributed by atoms with Crippen LogP contribution in [0.1, 0.15) is 33.5 Å². The Morgan fingerprint density at radius 2 is 1.92 bits per heavy atom. The zero-order chi connectivity index (χ0) is 17.1. The van der Waals surface area contributed by atoms with Crippen LogP contribution in [0.4, 0.5) is 10.1 Å². The highest BCUT2D eigenvalue weighted by Gasteiger charge is 2.22. The Hall–Kier alpha value is -1.88. The second-order valence-electron chi connectivity index (χ2n) is 6.18. The molecule has 1 aromatic heterocycles. The first-order chi connectivity index (χ1) is 11.6. The van der Waals surface area contributed by atoms with E-state index in [0.29, 0.717) is 6.54 Å². The van der Waals surface area contributed by atoms with E-state index in [4.69, 9.17) is 0 Å². The van der Waals surface area contributed by atoms with E-state index in [-0.39, 0.29) is 11.7 Å². The number of hydrogen-bond donors (Lipinski definition) is 0. The van der Waals surface area contributed by atoms with Crippen LogP contribution in [0.5, 0.6) is 0 Å². The van der Waals surface area contributed by atoms with E-state index >= 15 is 0 Å². The van der Waals surface area contributed by atoms with E-state index < -0.39 is 0 Å². The van der Waals surface area contributed by atoms with Gasteiger partial charge in [-0.2, -0.15) is 0 Å². The van der Waals surface area contributed by atoms with Gasteiger partial charge in [-0.15, -0.1) is 11.3 Å². The molecule has 0 N–H and O–H groups in total. The van der Waals surface area contributed by atoms with Gasteiger partial charge in [0.05, 0.1) is 4.88 Å². The van der Waals surface area contributed by atoms with Crippen LogP contribution in [0.15, 0.2) is 30.3 Å². The largest absolute Gasteiger partial charge is 0.370 e. The number of benzene rings is 1. The van der Waals surface area contributed by atoms with Crippen molar-refractivity contribution in [3.8, 4) is 0 Å². The molecule has 5 heteroatoms. The minimum atomic E-state index is -0.217. The molecule has 128 valence electrons. The van der Waals surface area contributed by atoms with E-state index in [2.05, 4.69) is 18.7 Å². The van der Waals surface area contributed by atoms with Gasteiger partial charge in [-0.05, 0) is 55.7 Å². The second kappa shape index (κ2) is 7.34. The highest BCUT2D eigenvalue weighted by atomic mass is 32.1. The van der Waals surface area contributed by atoms with Crippen molar-refractivity contribution in [2.24, 2.45) is 0 Å². The highest BCUT2D eigenvalue weighted by molar-refractivity contribution is 7.14. The van der Waals surface area contributed by atoms with Crippen molar-refractivity contribution in [1.29, 1.82) is 0 Å². The fourth-order valence-electron chi connectivity index (χ4n) is 3.16. The zero-order valence-electron chi connectivity index (χ0n) is 14.2. The molecule has 3 rings (SSSR count). The molecule has 0 saturated carbocycles. The van der Waals surface area contributed by atoms with Crippen LogP contribution in [-0.2, 0) is 6.42 Å². The smallest absolute Gasteiger partial charge is 0.263 e. The fraction of sp³-hybridized carbons (Fsp3) is 0.421. The van der Waals surface area contributed by atoms with Gasteiger partial charge in [0, 0.05) is 36.7 Å². The molecule has 0 unspecified atom stereocenters. The minimum absolute atomic E-state index is 0.142. The van der Waals surface area contributed by atoms with Gasteiger partial charge in [-0.1, -0.05) is 6.92 Å². The molecule has 24 heavy (non-hydrogen) atoms. The lowest BCUT2D eigenvalue weighted by atomic mass is 10.2. The number of halogens is 1. The van der Waals surface area contributed by atoms with Crippen molar-refractivity contribution in [1.82, 2.24) is 4.90 Å². The van der Waals surface area contributed by atoms with Crippen LogP contribution in [0.3, 0.4) is 0 Å². The summed E-state index contributed by atoms with van der Waals surface area (Å²) in [5.41, 5.74) is 2.24. The standard InChI is InChI=1S/C19H23FN2OS/c1-3-17-14(2)13-18(24-17)19(23)22-10-4-9-21(11-12-22)16-7-5-15(20)6-8-16/h5-8,13H,3-4,9-12H2,1-2H3. The Kier molecular flexibility index (Phi) is 5.19. The van der Waals surface area contributed by atoms with Crippen LogP contribution in [0.2, 0.25) is 0 Å². The monoisotopic (exact) mass is 346 g/mol. The van der Waals surface area contributed by atoms with E-state index in [1.165, 1.54) is 22.6 Å². The topological polar surface area (TPSA) is 23.6 Å². The summed E-state index contributed by atoms with van der Waals surface area (Å²) in [4.78, 5) is 19.1. The lowest BCUT2D eigenvalue weighted by Gasteiger charge is -2.23. The predicted molar refractivity (Wildman–Crippen MR) is 97.6 cm³/mol. The van der Waals surface area contributed by atoms with Gasteiger partial charge < -0.3 is 9.80 Å². The Labute approximate surface area is 146 Å². The average Bonchev–Trinajstić information content (AvgIpc) is 2.81. The van der Waals surface area contributed by atoms with Crippen molar-refractivity contribution in [2.45, 2.75) is 26.7 Å². The number of amides is 1. The molecule has 1 aromatic carbocycles. The Balaban J connectivity index is 1.68. The van der Waals surface area contributed by atoms with Gasteiger partial charge in [0.15, 0.2) is 0 Å². The molecule has 2 heterocycles. The van der Waals surface area contributed by atoms with Crippen LogP contribution in [0, 0.1) is 12.7 Å². The Bertz CT molecular complexity index is 711. The molecule has 0 radical (unpaired) electrons. The summed E-state index contributed by atoms with van der Waals surface area (Å²) >= 11 is 1.62. The van der Waals surface area contributed by atoms with Gasteiger partial charge >= 0.3 is 0 Å². The van der Waals surface area contributed by atoms with Gasteiger partial charge in [0.25, 0.3) is 5.91 Å². The zero-order valence-corrected chi connectivity index (χ0v) is 15.0. The Morgan fingerprint density at radius 1 is 1.17 bits per heavy atom. The van der Waals surface area contributed by atoms with Crippen molar-refractivity contribution in [3.05, 3.63) is 51.5 Å². The molecule has 0 atom stereocenters. The first-order valence-corrected chi connectivity index (χ1v) is 9.29. The molecule has 0 spiro atoms. The van der Waals surface area contributed by atoms with E-state index in [0.717, 1.165) is 43.0 Å². The number of carbonyl (C=O) groups is 1. The summed E-state index contributed by atoms with van der Waals surface area (Å²) in [5, 5.41) is 0. The molecular weight excluding hydrogens is 323 g/mol. The SMILES string of the molecule is CCc1sc(C(=O)N2CCCN(c3ccc(F)cc3)CC2)cc1C.